The van der Waals surface area contributed by atoms with Crippen molar-refractivity contribution in [1.82, 2.24) is 15.2 Å². The van der Waals surface area contributed by atoms with E-state index in [2.05, 4.69) is 34.4 Å². The van der Waals surface area contributed by atoms with E-state index in [9.17, 15) is 9.59 Å². The molecule has 7 heteroatoms. The fourth-order valence-electron chi connectivity index (χ4n) is 4.40. The molecule has 35 heavy (non-hydrogen) atoms. The summed E-state index contributed by atoms with van der Waals surface area (Å²) in [5, 5.41) is 5.97. The van der Waals surface area contributed by atoms with E-state index in [-0.39, 0.29) is 11.8 Å². The van der Waals surface area contributed by atoms with Crippen molar-refractivity contribution in [3.05, 3.63) is 71.0 Å². The third-order valence-electron chi connectivity index (χ3n) is 6.55. The van der Waals surface area contributed by atoms with E-state index < -0.39 is 0 Å². The lowest BCUT2D eigenvalue weighted by molar-refractivity contribution is -0.110. The Labute approximate surface area is 206 Å². The number of nitrogens with zero attached hydrogens (tertiary/aromatic N) is 1. The van der Waals surface area contributed by atoms with Crippen LogP contribution in [0.2, 0.25) is 0 Å². The third-order valence-corrected chi connectivity index (χ3v) is 6.55. The van der Waals surface area contributed by atoms with Crippen molar-refractivity contribution < 1.29 is 14.3 Å². The number of ether oxygens (including phenoxy) is 1. The highest BCUT2D eigenvalue weighted by Gasteiger charge is 2.28. The first kappa shape index (κ1) is 24.3. The zero-order chi connectivity index (χ0) is 24.9. The number of amides is 2. The zero-order valence-electron chi connectivity index (χ0n) is 20.7. The number of H-pyrrole nitrogens is 1. The van der Waals surface area contributed by atoms with Crippen LogP contribution >= 0.6 is 0 Å². The van der Waals surface area contributed by atoms with Crippen molar-refractivity contribution in [2.24, 2.45) is 0 Å². The van der Waals surface area contributed by atoms with E-state index in [1.165, 1.54) is 0 Å². The van der Waals surface area contributed by atoms with Gasteiger partial charge in [-0.25, -0.2) is 0 Å². The van der Waals surface area contributed by atoms with Crippen LogP contribution in [0, 0.1) is 6.92 Å². The number of nitrogens with one attached hydrogen (secondary N) is 3. The minimum Gasteiger partial charge on any atom is -0.497 e. The standard InChI is InChI=1S/C28H32N4O3/c1-5-32(6-2)15-14-29-27(33)23-17-30-25(18(23)3)16-22-26-21(8-7-9-24(26)31-28(22)34)19-10-12-20(35-4)13-11-19/h7-13,16-17,30H,5-6,14-15H2,1-4H3,(H,29,33)(H,31,34). The van der Waals surface area contributed by atoms with Crippen LogP contribution in [-0.4, -0.2) is 55.0 Å². The highest BCUT2D eigenvalue weighted by Crippen LogP contribution is 2.40. The molecule has 0 fully saturated rings. The van der Waals surface area contributed by atoms with Gasteiger partial charge in [-0.05, 0) is 61.0 Å². The Kier molecular flexibility index (Phi) is 7.36. The molecule has 0 atom stereocenters. The summed E-state index contributed by atoms with van der Waals surface area (Å²) in [5.41, 5.74) is 6.25. The van der Waals surface area contributed by atoms with Crippen LogP contribution in [0.15, 0.2) is 48.7 Å². The molecule has 0 aliphatic carbocycles. The Morgan fingerprint density at radius 2 is 1.86 bits per heavy atom. The van der Waals surface area contributed by atoms with E-state index in [0.717, 1.165) is 59.0 Å². The molecule has 0 spiro atoms. The Morgan fingerprint density at radius 1 is 1.11 bits per heavy atom. The zero-order valence-corrected chi connectivity index (χ0v) is 20.7. The normalized spacial score (nSPS) is 13.7. The highest BCUT2D eigenvalue weighted by atomic mass is 16.5. The molecule has 182 valence electrons. The average molecular weight is 473 g/mol. The van der Waals surface area contributed by atoms with Gasteiger partial charge in [0.2, 0.25) is 0 Å². The summed E-state index contributed by atoms with van der Waals surface area (Å²) >= 11 is 0. The summed E-state index contributed by atoms with van der Waals surface area (Å²) in [7, 11) is 1.64. The number of fused-ring (bicyclic) bond motifs is 1. The lowest BCUT2D eigenvalue weighted by Crippen LogP contribution is -2.34. The number of benzene rings is 2. The SMILES string of the molecule is CCN(CC)CCNC(=O)c1c[nH]c(C=C2C(=O)Nc3cccc(-c4ccc(OC)cc4)c32)c1C. The quantitative estimate of drug-likeness (QED) is 0.399. The van der Waals surface area contributed by atoms with Crippen molar-refractivity contribution in [3.8, 4) is 16.9 Å². The second-order valence-electron chi connectivity index (χ2n) is 8.49. The van der Waals surface area contributed by atoms with Gasteiger partial charge >= 0.3 is 0 Å². The van der Waals surface area contributed by atoms with E-state index in [1.807, 2.05) is 55.5 Å². The highest BCUT2D eigenvalue weighted by molar-refractivity contribution is 6.36. The molecule has 0 unspecified atom stereocenters. The van der Waals surface area contributed by atoms with Gasteiger partial charge in [-0.1, -0.05) is 38.1 Å². The number of methoxy groups -OCH3 is 1. The molecule has 2 aromatic carbocycles. The molecular formula is C28H32N4O3. The minimum absolute atomic E-state index is 0.120. The molecule has 2 heterocycles. The van der Waals surface area contributed by atoms with Gasteiger partial charge in [-0.15, -0.1) is 0 Å². The first-order chi connectivity index (χ1) is 17.0. The first-order valence-corrected chi connectivity index (χ1v) is 12.0. The van der Waals surface area contributed by atoms with E-state index in [1.54, 1.807) is 13.3 Å². The van der Waals surface area contributed by atoms with E-state index in [0.29, 0.717) is 17.7 Å². The van der Waals surface area contributed by atoms with Gasteiger partial charge in [0.15, 0.2) is 0 Å². The lowest BCUT2D eigenvalue weighted by atomic mass is 9.94. The van der Waals surface area contributed by atoms with E-state index in [4.69, 9.17) is 4.74 Å². The van der Waals surface area contributed by atoms with Crippen molar-refractivity contribution in [3.63, 3.8) is 0 Å². The molecule has 3 N–H and O–H groups in total. The van der Waals surface area contributed by atoms with E-state index >= 15 is 0 Å². The van der Waals surface area contributed by atoms with Gasteiger partial charge in [0.1, 0.15) is 5.75 Å². The number of rotatable bonds is 9. The predicted octanol–water partition coefficient (Wildman–Crippen LogP) is 4.56. The second kappa shape index (κ2) is 10.6. The number of aromatic nitrogens is 1. The molecule has 0 saturated carbocycles. The van der Waals surface area contributed by atoms with Gasteiger partial charge in [0.25, 0.3) is 11.8 Å². The van der Waals surface area contributed by atoms with Crippen LogP contribution in [0.5, 0.6) is 5.75 Å². The number of hydrogen-bond donors (Lipinski definition) is 3. The fraction of sp³-hybridized carbons (Fsp3) is 0.286. The number of hydrogen-bond acceptors (Lipinski definition) is 4. The summed E-state index contributed by atoms with van der Waals surface area (Å²) < 4.78 is 5.28. The number of carbonyl (C=O) groups is 2. The molecule has 0 saturated heterocycles. The van der Waals surface area contributed by atoms with Crippen LogP contribution in [0.1, 0.15) is 41.0 Å². The topological polar surface area (TPSA) is 86.5 Å². The van der Waals surface area contributed by atoms with Crippen LogP contribution in [0.4, 0.5) is 5.69 Å². The smallest absolute Gasteiger partial charge is 0.256 e. The molecule has 4 rings (SSSR count). The number of aromatic amines is 1. The molecule has 7 nitrogen and oxygen atoms in total. The maximum atomic E-state index is 12.9. The maximum Gasteiger partial charge on any atom is 0.256 e. The molecule has 3 aromatic rings. The Balaban J connectivity index is 1.62. The van der Waals surface area contributed by atoms with Gasteiger partial charge < -0.3 is 25.3 Å². The van der Waals surface area contributed by atoms with Gasteiger partial charge in [0, 0.05) is 36.2 Å². The summed E-state index contributed by atoms with van der Waals surface area (Å²) in [6, 6.07) is 13.6. The number of carbonyl (C=O) groups excluding carboxylic acids is 2. The largest absolute Gasteiger partial charge is 0.497 e. The molecule has 1 aliphatic rings. The molecule has 1 aliphatic heterocycles. The summed E-state index contributed by atoms with van der Waals surface area (Å²) in [6.45, 7) is 9.42. The first-order valence-electron chi connectivity index (χ1n) is 12.0. The summed E-state index contributed by atoms with van der Waals surface area (Å²) in [6.07, 6.45) is 3.54. The third kappa shape index (κ3) is 5.00. The number of likely N-dealkylation sites (N-methyl/N-ethyl adjacent to an activating group) is 1. The monoisotopic (exact) mass is 472 g/mol. The minimum atomic E-state index is -0.166. The van der Waals surface area contributed by atoms with Crippen LogP contribution in [0.25, 0.3) is 22.8 Å². The molecule has 1 aromatic heterocycles. The average Bonchev–Trinajstić information content (AvgIpc) is 3.40. The van der Waals surface area contributed by atoms with Crippen molar-refractivity contribution in [2.45, 2.75) is 20.8 Å². The van der Waals surface area contributed by atoms with Crippen LogP contribution < -0.4 is 15.4 Å². The van der Waals surface area contributed by atoms with Crippen LogP contribution in [-0.2, 0) is 4.79 Å². The molecule has 0 radical (unpaired) electrons. The lowest BCUT2D eigenvalue weighted by Gasteiger charge is -2.17. The van der Waals surface area contributed by atoms with Crippen molar-refractivity contribution in [1.29, 1.82) is 0 Å². The summed E-state index contributed by atoms with van der Waals surface area (Å²) in [4.78, 5) is 31.2. The fourth-order valence-corrected chi connectivity index (χ4v) is 4.40. The summed E-state index contributed by atoms with van der Waals surface area (Å²) in [5.74, 6) is 0.488. The van der Waals surface area contributed by atoms with Gasteiger partial charge in [-0.2, -0.15) is 0 Å². The Bertz CT molecular complexity index is 1250. The van der Waals surface area contributed by atoms with Gasteiger partial charge in [-0.3, -0.25) is 9.59 Å². The predicted molar refractivity (Wildman–Crippen MR) is 141 cm³/mol. The molecular weight excluding hydrogens is 440 g/mol. The second-order valence-corrected chi connectivity index (χ2v) is 8.49. The van der Waals surface area contributed by atoms with Crippen molar-refractivity contribution in [2.75, 3.05) is 38.6 Å². The molecule has 0 bridgehead atoms. The Hall–Kier alpha value is -3.84. The van der Waals surface area contributed by atoms with Crippen LogP contribution in [0.3, 0.4) is 0 Å². The van der Waals surface area contributed by atoms with Crippen molar-refractivity contribution >= 4 is 29.2 Å². The number of anilines is 1. The molecule has 2 amide bonds. The maximum absolute atomic E-state index is 12.9. The Morgan fingerprint density at radius 3 is 2.54 bits per heavy atom. The van der Waals surface area contributed by atoms with Gasteiger partial charge in [0.05, 0.1) is 18.2 Å².